The van der Waals surface area contributed by atoms with Gasteiger partial charge in [-0.3, -0.25) is 0 Å². The van der Waals surface area contributed by atoms with Crippen LogP contribution in [-0.2, 0) is 0 Å². The summed E-state index contributed by atoms with van der Waals surface area (Å²) in [6, 6.07) is 8.36. The minimum absolute atomic E-state index is 0.568. The van der Waals surface area contributed by atoms with E-state index in [1.807, 2.05) is 30.5 Å². The molecule has 1 aliphatic rings. The molecule has 0 spiro atoms. The fourth-order valence-corrected chi connectivity index (χ4v) is 2.74. The van der Waals surface area contributed by atoms with Crippen LogP contribution in [0.15, 0.2) is 30.5 Å². The Morgan fingerprint density at radius 2 is 1.84 bits per heavy atom. The summed E-state index contributed by atoms with van der Waals surface area (Å²) in [7, 11) is 0. The van der Waals surface area contributed by atoms with E-state index in [1.165, 1.54) is 32.1 Å². The predicted molar refractivity (Wildman–Crippen MR) is 79.5 cm³/mol. The molecule has 100 valence electrons. The average molecular weight is 276 g/mol. The van der Waals surface area contributed by atoms with Crippen molar-refractivity contribution >= 4 is 17.5 Å². The third-order valence-corrected chi connectivity index (χ3v) is 3.93. The Kier molecular flexibility index (Phi) is 3.74. The number of H-pyrrole nitrogens is 1. The Hall–Kier alpha value is -1.48. The zero-order valence-electron chi connectivity index (χ0n) is 10.8. The molecule has 1 heterocycles. The van der Waals surface area contributed by atoms with E-state index in [-0.39, 0.29) is 0 Å². The molecule has 0 saturated heterocycles. The fraction of sp³-hybridized carbons (Fsp3) is 0.400. The molecule has 0 unspecified atom stereocenters. The number of halogens is 1. The van der Waals surface area contributed by atoms with Crippen molar-refractivity contribution < 1.29 is 0 Å². The zero-order chi connectivity index (χ0) is 13.1. The van der Waals surface area contributed by atoms with Crippen molar-refractivity contribution in [2.24, 2.45) is 0 Å². The van der Waals surface area contributed by atoms with Gasteiger partial charge in [-0.15, -0.1) is 0 Å². The normalized spacial score (nSPS) is 16.5. The van der Waals surface area contributed by atoms with Crippen molar-refractivity contribution in [3.05, 3.63) is 35.5 Å². The summed E-state index contributed by atoms with van der Waals surface area (Å²) >= 11 is 5.89. The molecule has 2 aromatic rings. The van der Waals surface area contributed by atoms with Crippen LogP contribution in [0.3, 0.4) is 0 Å². The Bertz CT molecular complexity index is 527. The minimum Gasteiger partial charge on any atom is -0.353 e. The molecule has 0 amide bonds. The number of aromatic nitrogens is 2. The van der Waals surface area contributed by atoms with E-state index >= 15 is 0 Å². The average Bonchev–Trinajstić information content (AvgIpc) is 2.89. The molecule has 0 bridgehead atoms. The number of aromatic amines is 1. The van der Waals surface area contributed by atoms with Crippen molar-refractivity contribution in [1.29, 1.82) is 0 Å². The lowest BCUT2D eigenvalue weighted by Gasteiger charge is -2.22. The summed E-state index contributed by atoms with van der Waals surface area (Å²) in [5.74, 6) is 0.872. The first-order valence-corrected chi connectivity index (χ1v) is 7.26. The maximum absolute atomic E-state index is 5.89. The van der Waals surface area contributed by atoms with Crippen molar-refractivity contribution in [3.63, 3.8) is 0 Å². The van der Waals surface area contributed by atoms with Gasteiger partial charge >= 0.3 is 0 Å². The molecule has 3 nitrogen and oxygen atoms in total. The first-order valence-electron chi connectivity index (χ1n) is 6.89. The van der Waals surface area contributed by atoms with Gasteiger partial charge in [0.1, 0.15) is 0 Å². The molecular weight excluding hydrogens is 258 g/mol. The van der Waals surface area contributed by atoms with Crippen LogP contribution in [0.2, 0.25) is 5.02 Å². The Morgan fingerprint density at radius 3 is 2.58 bits per heavy atom. The Balaban J connectivity index is 1.70. The number of anilines is 1. The smallest absolute Gasteiger partial charge is 0.200 e. The summed E-state index contributed by atoms with van der Waals surface area (Å²) in [5, 5.41) is 4.24. The zero-order valence-corrected chi connectivity index (χ0v) is 11.6. The van der Waals surface area contributed by atoms with Crippen LogP contribution < -0.4 is 5.32 Å². The predicted octanol–water partition coefficient (Wildman–Crippen LogP) is 4.47. The molecule has 0 radical (unpaired) electrons. The molecule has 0 atom stereocenters. The van der Waals surface area contributed by atoms with Crippen LogP contribution >= 0.6 is 11.6 Å². The van der Waals surface area contributed by atoms with Crippen LogP contribution in [0.1, 0.15) is 32.1 Å². The van der Waals surface area contributed by atoms with Crippen LogP contribution in [0.25, 0.3) is 11.3 Å². The van der Waals surface area contributed by atoms with Gasteiger partial charge in [-0.2, -0.15) is 0 Å². The highest BCUT2D eigenvalue weighted by Gasteiger charge is 2.14. The molecule has 2 N–H and O–H groups in total. The molecular formula is C15H18ClN3. The number of nitrogens with one attached hydrogen (secondary N) is 2. The summed E-state index contributed by atoms with van der Waals surface area (Å²) in [5.41, 5.74) is 2.13. The Morgan fingerprint density at radius 1 is 1.11 bits per heavy atom. The monoisotopic (exact) mass is 275 g/mol. The quantitative estimate of drug-likeness (QED) is 0.867. The van der Waals surface area contributed by atoms with Gasteiger partial charge in [0.15, 0.2) is 0 Å². The highest BCUT2D eigenvalue weighted by atomic mass is 35.5. The second-order valence-corrected chi connectivity index (χ2v) is 5.57. The number of hydrogen-bond donors (Lipinski definition) is 2. The lowest BCUT2D eigenvalue weighted by molar-refractivity contribution is 0.461. The number of imidazole rings is 1. The van der Waals surface area contributed by atoms with E-state index in [0.29, 0.717) is 6.04 Å². The van der Waals surface area contributed by atoms with Crippen LogP contribution in [-0.4, -0.2) is 16.0 Å². The maximum atomic E-state index is 5.89. The SMILES string of the molecule is Clc1ccc(-c2cnc(NC3CCCCC3)[nH]2)cc1. The number of nitrogens with zero attached hydrogens (tertiary/aromatic N) is 1. The maximum Gasteiger partial charge on any atom is 0.200 e. The van der Waals surface area contributed by atoms with E-state index in [1.54, 1.807) is 0 Å². The lowest BCUT2D eigenvalue weighted by Crippen LogP contribution is -2.22. The second kappa shape index (κ2) is 5.66. The molecule has 1 fully saturated rings. The molecule has 3 rings (SSSR count). The van der Waals surface area contributed by atoms with Gasteiger partial charge in [0.25, 0.3) is 0 Å². The van der Waals surface area contributed by atoms with Crippen molar-refractivity contribution in [1.82, 2.24) is 9.97 Å². The van der Waals surface area contributed by atoms with Gasteiger partial charge in [-0.25, -0.2) is 4.98 Å². The second-order valence-electron chi connectivity index (χ2n) is 5.13. The minimum atomic E-state index is 0.568. The first kappa shape index (κ1) is 12.5. The van der Waals surface area contributed by atoms with E-state index in [0.717, 1.165) is 22.2 Å². The topological polar surface area (TPSA) is 40.7 Å². The Labute approximate surface area is 118 Å². The molecule has 1 aromatic carbocycles. The van der Waals surface area contributed by atoms with Gasteiger partial charge < -0.3 is 10.3 Å². The summed E-state index contributed by atoms with van der Waals surface area (Å²) < 4.78 is 0. The summed E-state index contributed by atoms with van der Waals surface area (Å²) in [4.78, 5) is 7.74. The van der Waals surface area contributed by atoms with Gasteiger partial charge in [0, 0.05) is 11.1 Å². The van der Waals surface area contributed by atoms with E-state index in [9.17, 15) is 0 Å². The summed E-state index contributed by atoms with van der Waals surface area (Å²) in [6.07, 6.45) is 8.37. The van der Waals surface area contributed by atoms with Crippen molar-refractivity contribution in [2.45, 2.75) is 38.1 Å². The van der Waals surface area contributed by atoms with E-state index in [2.05, 4.69) is 15.3 Å². The van der Waals surface area contributed by atoms with Crippen molar-refractivity contribution in [3.8, 4) is 11.3 Å². The first-order chi connectivity index (χ1) is 9.31. The fourth-order valence-electron chi connectivity index (χ4n) is 2.61. The summed E-state index contributed by atoms with van der Waals surface area (Å²) in [6.45, 7) is 0. The molecule has 0 aliphatic heterocycles. The van der Waals surface area contributed by atoms with Crippen LogP contribution in [0, 0.1) is 0 Å². The van der Waals surface area contributed by atoms with Gasteiger partial charge in [-0.05, 0) is 30.5 Å². The molecule has 4 heteroatoms. The van der Waals surface area contributed by atoms with Crippen LogP contribution in [0.5, 0.6) is 0 Å². The lowest BCUT2D eigenvalue weighted by atomic mass is 9.96. The third kappa shape index (κ3) is 3.10. The number of benzene rings is 1. The standard InChI is InChI=1S/C15H18ClN3/c16-12-8-6-11(7-9-12)14-10-17-15(19-14)18-13-4-2-1-3-5-13/h6-10,13H,1-5H2,(H2,17,18,19). The molecule has 1 aromatic heterocycles. The third-order valence-electron chi connectivity index (χ3n) is 3.68. The van der Waals surface area contributed by atoms with Crippen molar-refractivity contribution in [2.75, 3.05) is 5.32 Å². The molecule has 19 heavy (non-hydrogen) atoms. The number of hydrogen-bond acceptors (Lipinski definition) is 2. The largest absolute Gasteiger partial charge is 0.353 e. The highest BCUT2D eigenvalue weighted by Crippen LogP contribution is 2.23. The number of rotatable bonds is 3. The molecule has 1 aliphatic carbocycles. The highest BCUT2D eigenvalue weighted by molar-refractivity contribution is 6.30. The van der Waals surface area contributed by atoms with E-state index < -0.39 is 0 Å². The van der Waals surface area contributed by atoms with Crippen LogP contribution in [0.4, 0.5) is 5.95 Å². The molecule has 1 saturated carbocycles. The van der Waals surface area contributed by atoms with Gasteiger partial charge in [0.05, 0.1) is 11.9 Å². The van der Waals surface area contributed by atoms with Gasteiger partial charge in [0.2, 0.25) is 5.95 Å². The van der Waals surface area contributed by atoms with E-state index in [4.69, 9.17) is 11.6 Å². The van der Waals surface area contributed by atoms with Gasteiger partial charge in [-0.1, -0.05) is 43.0 Å².